The number of fused-ring (bicyclic) bond motifs is 1. The first-order chi connectivity index (χ1) is 14.6. The van der Waals surface area contributed by atoms with Gasteiger partial charge in [-0.3, -0.25) is 9.59 Å². The number of rotatable bonds is 2. The molecule has 2 aliphatic heterocycles. The van der Waals surface area contributed by atoms with Crippen LogP contribution in [0.5, 0.6) is 11.5 Å². The second kappa shape index (κ2) is 6.89. The fourth-order valence-corrected chi connectivity index (χ4v) is 7.18. The highest BCUT2D eigenvalue weighted by Crippen LogP contribution is 2.60. The van der Waals surface area contributed by atoms with E-state index in [-0.39, 0.29) is 17.9 Å². The van der Waals surface area contributed by atoms with Crippen LogP contribution < -0.4 is 9.47 Å². The van der Waals surface area contributed by atoms with Crippen molar-refractivity contribution in [3.05, 3.63) is 24.3 Å². The van der Waals surface area contributed by atoms with Crippen LogP contribution in [0.1, 0.15) is 38.5 Å². The summed E-state index contributed by atoms with van der Waals surface area (Å²) in [6.07, 6.45) is 6.74. The first-order valence-corrected chi connectivity index (χ1v) is 11.6. The molecule has 1 atom stereocenters. The zero-order valence-corrected chi connectivity index (χ0v) is 17.4. The summed E-state index contributed by atoms with van der Waals surface area (Å²) in [7, 11) is 0. The van der Waals surface area contributed by atoms with Crippen molar-refractivity contribution < 1.29 is 19.1 Å². The molecule has 0 unspecified atom stereocenters. The van der Waals surface area contributed by atoms with E-state index in [4.69, 9.17) is 9.47 Å². The molecule has 4 saturated carbocycles. The number of hydrogen-bond donors (Lipinski definition) is 0. The zero-order valence-electron chi connectivity index (χ0n) is 17.4. The topological polar surface area (TPSA) is 59.1 Å². The maximum Gasteiger partial charge on any atom is 0.267 e. The highest BCUT2D eigenvalue weighted by atomic mass is 16.6. The van der Waals surface area contributed by atoms with Crippen molar-refractivity contribution in [2.45, 2.75) is 44.6 Å². The minimum absolute atomic E-state index is 0.0357. The van der Waals surface area contributed by atoms with Gasteiger partial charge < -0.3 is 19.3 Å². The first kappa shape index (κ1) is 18.5. The summed E-state index contributed by atoms with van der Waals surface area (Å²) < 4.78 is 11.6. The number of hydrogen-bond acceptors (Lipinski definition) is 4. The van der Waals surface area contributed by atoms with Gasteiger partial charge >= 0.3 is 0 Å². The van der Waals surface area contributed by atoms with E-state index in [1.54, 1.807) is 0 Å². The number of amides is 2. The molecule has 1 saturated heterocycles. The molecule has 6 nitrogen and oxygen atoms in total. The van der Waals surface area contributed by atoms with Crippen molar-refractivity contribution in [3.63, 3.8) is 0 Å². The van der Waals surface area contributed by atoms with Crippen LogP contribution in [0.25, 0.3) is 0 Å². The molecule has 160 valence electrons. The highest BCUT2D eigenvalue weighted by molar-refractivity contribution is 5.85. The van der Waals surface area contributed by atoms with Gasteiger partial charge in [0.25, 0.3) is 5.91 Å². The van der Waals surface area contributed by atoms with Gasteiger partial charge in [0, 0.05) is 26.2 Å². The maximum atomic E-state index is 13.5. The van der Waals surface area contributed by atoms with Crippen LogP contribution >= 0.6 is 0 Å². The monoisotopic (exact) mass is 410 g/mol. The Morgan fingerprint density at radius 2 is 1.40 bits per heavy atom. The SMILES string of the molecule is O=C([C@H]1COc2ccccc2O1)N1CCN(C(=O)C23CC4CC(CC(C4)C2)C3)CC1. The summed E-state index contributed by atoms with van der Waals surface area (Å²) in [4.78, 5) is 30.4. The maximum absolute atomic E-state index is 13.5. The average Bonchev–Trinajstić information content (AvgIpc) is 2.77. The zero-order chi connectivity index (χ0) is 20.3. The molecule has 1 aromatic rings. The van der Waals surface area contributed by atoms with Crippen molar-refractivity contribution >= 4 is 11.8 Å². The van der Waals surface area contributed by atoms with E-state index in [0.29, 0.717) is 43.6 Å². The third-order valence-corrected chi connectivity index (χ3v) is 8.15. The number of nitrogens with zero attached hydrogens (tertiary/aromatic N) is 2. The third kappa shape index (κ3) is 2.98. The molecule has 1 aromatic carbocycles. The fraction of sp³-hybridized carbons (Fsp3) is 0.667. The van der Waals surface area contributed by atoms with Gasteiger partial charge in [0.2, 0.25) is 12.0 Å². The van der Waals surface area contributed by atoms with Gasteiger partial charge in [-0.1, -0.05) is 12.1 Å². The molecule has 6 heteroatoms. The first-order valence-electron chi connectivity index (χ1n) is 11.6. The number of ether oxygens (including phenoxy) is 2. The third-order valence-electron chi connectivity index (χ3n) is 8.15. The minimum atomic E-state index is -0.606. The van der Waals surface area contributed by atoms with Crippen LogP contribution in [-0.2, 0) is 9.59 Å². The van der Waals surface area contributed by atoms with Gasteiger partial charge in [0.05, 0.1) is 5.41 Å². The number of piperazine rings is 1. The molecular formula is C24H30N2O4. The molecule has 5 fully saturated rings. The second-order valence-electron chi connectivity index (χ2n) is 10.2. The summed E-state index contributed by atoms with van der Waals surface area (Å²) in [5.74, 6) is 3.97. The van der Waals surface area contributed by atoms with Crippen molar-refractivity contribution in [3.8, 4) is 11.5 Å². The summed E-state index contributed by atoms with van der Waals surface area (Å²) in [6.45, 7) is 2.67. The average molecular weight is 411 g/mol. The van der Waals surface area contributed by atoms with Crippen molar-refractivity contribution in [1.29, 1.82) is 0 Å². The molecule has 4 aliphatic carbocycles. The lowest BCUT2D eigenvalue weighted by Crippen LogP contribution is -2.60. The molecule has 6 aliphatic rings. The van der Waals surface area contributed by atoms with Gasteiger partial charge in [0.1, 0.15) is 6.61 Å². The smallest absolute Gasteiger partial charge is 0.267 e. The van der Waals surface area contributed by atoms with Crippen molar-refractivity contribution in [2.75, 3.05) is 32.8 Å². The van der Waals surface area contributed by atoms with Crippen molar-refractivity contribution in [1.82, 2.24) is 9.80 Å². The van der Waals surface area contributed by atoms with E-state index in [9.17, 15) is 9.59 Å². The molecule has 7 rings (SSSR count). The summed E-state index contributed by atoms with van der Waals surface area (Å²) in [5.41, 5.74) is -0.0923. The lowest BCUT2D eigenvalue weighted by molar-refractivity contribution is -0.161. The van der Waals surface area contributed by atoms with E-state index in [0.717, 1.165) is 37.0 Å². The van der Waals surface area contributed by atoms with Crippen LogP contribution in [-0.4, -0.2) is 60.5 Å². The Balaban J connectivity index is 1.08. The Kier molecular flexibility index (Phi) is 4.26. The Labute approximate surface area is 177 Å². The molecule has 30 heavy (non-hydrogen) atoms. The van der Waals surface area contributed by atoms with Crippen molar-refractivity contribution in [2.24, 2.45) is 23.2 Å². The molecule has 0 N–H and O–H groups in total. The Morgan fingerprint density at radius 1 is 0.833 bits per heavy atom. The molecule has 0 aromatic heterocycles. The Hall–Kier alpha value is -2.24. The summed E-state index contributed by atoms with van der Waals surface area (Å²) in [6, 6.07) is 7.45. The largest absolute Gasteiger partial charge is 0.485 e. The summed E-state index contributed by atoms with van der Waals surface area (Å²) >= 11 is 0. The standard InChI is InChI=1S/C24H30N2O4/c27-22(21-15-29-19-3-1-2-4-20(19)30-21)25-5-7-26(8-6-25)23(28)24-12-16-9-17(13-24)11-18(10-16)14-24/h1-4,16-18,21H,5-15H2/t16?,17?,18?,21-,24?/m1/s1. The summed E-state index contributed by atoms with van der Waals surface area (Å²) in [5, 5.41) is 0. The predicted molar refractivity (Wildman–Crippen MR) is 110 cm³/mol. The number of carbonyl (C=O) groups is 2. The van der Waals surface area contributed by atoms with Gasteiger partial charge in [-0.25, -0.2) is 0 Å². The van der Waals surface area contributed by atoms with E-state index in [1.165, 1.54) is 19.3 Å². The van der Waals surface area contributed by atoms with Gasteiger partial charge in [-0.05, 0) is 68.4 Å². The normalized spacial score (nSPS) is 36.7. The van der Waals surface area contributed by atoms with E-state index >= 15 is 0 Å². The lowest BCUT2D eigenvalue weighted by atomic mass is 9.49. The van der Waals surface area contributed by atoms with Gasteiger partial charge in [-0.15, -0.1) is 0 Å². The van der Waals surface area contributed by atoms with Crippen LogP contribution in [0.3, 0.4) is 0 Å². The van der Waals surface area contributed by atoms with Gasteiger partial charge in [0.15, 0.2) is 11.5 Å². The van der Waals surface area contributed by atoms with E-state index in [2.05, 4.69) is 0 Å². The quantitative estimate of drug-likeness (QED) is 0.752. The molecule has 2 amide bonds. The Bertz CT molecular complexity index is 825. The van der Waals surface area contributed by atoms with E-state index in [1.807, 2.05) is 34.1 Å². The number of para-hydroxylation sites is 2. The molecular weight excluding hydrogens is 380 g/mol. The Morgan fingerprint density at radius 3 is 2.03 bits per heavy atom. The second-order valence-corrected chi connectivity index (χ2v) is 10.2. The van der Waals surface area contributed by atoms with Crippen LogP contribution in [0, 0.1) is 23.2 Å². The molecule has 2 heterocycles. The molecule has 4 bridgehead atoms. The van der Waals surface area contributed by atoms with E-state index < -0.39 is 6.10 Å². The highest BCUT2D eigenvalue weighted by Gasteiger charge is 2.55. The molecule has 0 spiro atoms. The molecule has 0 radical (unpaired) electrons. The predicted octanol–water partition coefficient (Wildman–Crippen LogP) is 2.71. The number of carbonyl (C=O) groups excluding carboxylic acids is 2. The minimum Gasteiger partial charge on any atom is -0.485 e. The van der Waals surface area contributed by atoms with Crippen LogP contribution in [0.4, 0.5) is 0 Å². The van der Waals surface area contributed by atoms with Crippen LogP contribution in [0.2, 0.25) is 0 Å². The van der Waals surface area contributed by atoms with Crippen LogP contribution in [0.15, 0.2) is 24.3 Å². The number of benzene rings is 1. The fourth-order valence-electron chi connectivity index (χ4n) is 7.18. The lowest BCUT2D eigenvalue weighted by Gasteiger charge is -2.57. The van der Waals surface area contributed by atoms with Gasteiger partial charge in [-0.2, -0.15) is 0 Å².